The SMILES string of the molecule is CNCC(NC=O)C(=O)NC1CCC(Nc2ccc(C3CCCCC3)cc2)CC1. The molecule has 1 unspecified atom stereocenters. The van der Waals surface area contributed by atoms with Crippen molar-refractivity contribution in [3.05, 3.63) is 29.8 Å². The zero-order valence-electron chi connectivity index (χ0n) is 17.6. The molecular weight excluding hydrogens is 364 g/mol. The van der Waals surface area contributed by atoms with E-state index in [1.54, 1.807) is 7.05 Å². The van der Waals surface area contributed by atoms with Crippen LogP contribution in [0.5, 0.6) is 0 Å². The van der Waals surface area contributed by atoms with Gasteiger partial charge in [0.15, 0.2) is 0 Å². The van der Waals surface area contributed by atoms with Crippen LogP contribution in [0, 0.1) is 0 Å². The Bertz CT molecular complexity index is 635. The molecule has 1 aromatic rings. The summed E-state index contributed by atoms with van der Waals surface area (Å²) in [5, 5.41) is 12.3. The van der Waals surface area contributed by atoms with Crippen molar-refractivity contribution in [3.63, 3.8) is 0 Å². The molecule has 0 aliphatic heterocycles. The van der Waals surface area contributed by atoms with E-state index in [4.69, 9.17) is 0 Å². The van der Waals surface area contributed by atoms with Gasteiger partial charge in [-0.1, -0.05) is 31.4 Å². The molecule has 3 rings (SSSR count). The molecule has 160 valence electrons. The lowest BCUT2D eigenvalue weighted by Gasteiger charge is -2.31. The maximum atomic E-state index is 12.3. The Morgan fingerprint density at radius 1 is 1.00 bits per heavy atom. The van der Waals surface area contributed by atoms with Crippen LogP contribution >= 0.6 is 0 Å². The molecule has 0 aromatic heterocycles. The standard InChI is InChI=1S/C23H36N4O2/c1-24-15-22(25-16-28)23(29)27-21-13-11-20(12-14-21)26-19-9-7-18(8-10-19)17-5-3-2-4-6-17/h7-10,16-17,20-22,24,26H,2-6,11-15H2,1H3,(H,25,28)(H,27,29). The third-order valence-electron chi connectivity index (χ3n) is 6.43. The van der Waals surface area contributed by atoms with Gasteiger partial charge >= 0.3 is 0 Å². The molecule has 6 heteroatoms. The van der Waals surface area contributed by atoms with Gasteiger partial charge in [0.2, 0.25) is 12.3 Å². The van der Waals surface area contributed by atoms with Crippen LogP contribution in [0.2, 0.25) is 0 Å². The normalized spacial score (nSPS) is 23.8. The summed E-state index contributed by atoms with van der Waals surface area (Å²) >= 11 is 0. The summed E-state index contributed by atoms with van der Waals surface area (Å²) in [5.41, 5.74) is 2.68. The number of carbonyl (C=O) groups is 2. The van der Waals surface area contributed by atoms with Gasteiger partial charge in [-0.05, 0) is 69.2 Å². The van der Waals surface area contributed by atoms with E-state index in [-0.39, 0.29) is 11.9 Å². The third kappa shape index (κ3) is 6.46. The third-order valence-corrected chi connectivity index (χ3v) is 6.43. The van der Waals surface area contributed by atoms with Crippen LogP contribution in [0.25, 0.3) is 0 Å². The van der Waals surface area contributed by atoms with E-state index in [0.717, 1.165) is 31.6 Å². The predicted molar refractivity (Wildman–Crippen MR) is 117 cm³/mol. The number of hydrogen-bond donors (Lipinski definition) is 4. The van der Waals surface area contributed by atoms with E-state index in [1.807, 2.05) is 0 Å². The molecule has 4 N–H and O–H groups in total. The first-order chi connectivity index (χ1) is 14.2. The average Bonchev–Trinajstić information content (AvgIpc) is 2.76. The highest BCUT2D eigenvalue weighted by atomic mass is 16.2. The van der Waals surface area contributed by atoms with Gasteiger partial charge in [0.25, 0.3) is 0 Å². The van der Waals surface area contributed by atoms with Gasteiger partial charge in [0.05, 0.1) is 0 Å². The van der Waals surface area contributed by atoms with Gasteiger partial charge in [0, 0.05) is 24.3 Å². The summed E-state index contributed by atoms with van der Waals surface area (Å²) in [5.74, 6) is 0.637. The van der Waals surface area contributed by atoms with Crippen molar-refractivity contribution in [1.82, 2.24) is 16.0 Å². The van der Waals surface area contributed by atoms with Crippen LogP contribution < -0.4 is 21.3 Å². The van der Waals surface area contributed by atoms with Gasteiger partial charge in [-0.15, -0.1) is 0 Å². The number of carbonyl (C=O) groups excluding carboxylic acids is 2. The second-order valence-corrected chi connectivity index (χ2v) is 8.55. The Kier molecular flexibility index (Phi) is 8.35. The first-order valence-corrected chi connectivity index (χ1v) is 11.2. The van der Waals surface area contributed by atoms with E-state index in [0.29, 0.717) is 19.0 Å². The number of hydrogen-bond acceptors (Lipinski definition) is 4. The average molecular weight is 401 g/mol. The lowest BCUT2D eigenvalue weighted by molar-refractivity contribution is -0.126. The van der Waals surface area contributed by atoms with Crippen LogP contribution in [-0.2, 0) is 9.59 Å². The Hall–Kier alpha value is -2.08. The molecule has 2 amide bonds. The van der Waals surface area contributed by atoms with Gasteiger partial charge in [0.1, 0.15) is 6.04 Å². The Labute approximate surface area is 174 Å². The fourth-order valence-corrected chi connectivity index (χ4v) is 4.72. The summed E-state index contributed by atoms with van der Waals surface area (Å²) in [7, 11) is 1.77. The van der Waals surface area contributed by atoms with Crippen LogP contribution in [0.1, 0.15) is 69.3 Å². The number of amides is 2. The smallest absolute Gasteiger partial charge is 0.244 e. The van der Waals surface area contributed by atoms with Gasteiger partial charge in [-0.3, -0.25) is 9.59 Å². The number of nitrogens with one attached hydrogen (secondary N) is 4. The maximum Gasteiger partial charge on any atom is 0.244 e. The van der Waals surface area contributed by atoms with Crippen LogP contribution in [0.3, 0.4) is 0 Å². The first-order valence-electron chi connectivity index (χ1n) is 11.2. The molecule has 1 aromatic carbocycles. The minimum absolute atomic E-state index is 0.110. The van der Waals surface area contributed by atoms with Crippen molar-refractivity contribution >= 4 is 18.0 Å². The minimum atomic E-state index is -0.518. The van der Waals surface area contributed by atoms with Crippen molar-refractivity contribution in [1.29, 1.82) is 0 Å². The van der Waals surface area contributed by atoms with Crippen molar-refractivity contribution in [2.24, 2.45) is 0 Å². The van der Waals surface area contributed by atoms with Gasteiger partial charge < -0.3 is 21.3 Å². The quantitative estimate of drug-likeness (QED) is 0.481. The minimum Gasteiger partial charge on any atom is -0.382 e. The molecule has 2 fully saturated rings. The summed E-state index contributed by atoms with van der Waals surface area (Å²) in [4.78, 5) is 23.0. The Morgan fingerprint density at radius 2 is 1.66 bits per heavy atom. The monoisotopic (exact) mass is 400 g/mol. The number of rotatable bonds is 9. The predicted octanol–water partition coefficient (Wildman–Crippen LogP) is 2.91. The van der Waals surface area contributed by atoms with Crippen molar-refractivity contribution in [2.45, 2.75) is 81.8 Å². The maximum absolute atomic E-state index is 12.3. The number of benzene rings is 1. The lowest BCUT2D eigenvalue weighted by Crippen LogP contribution is -2.52. The van der Waals surface area contributed by atoms with Crippen molar-refractivity contribution in [3.8, 4) is 0 Å². The van der Waals surface area contributed by atoms with E-state index in [9.17, 15) is 9.59 Å². The summed E-state index contributed by atoms with van der Waals surface area (Å²) in [6.07, 6.45) is 11.4. The summed E-state index contributed by atoms with van der Waals surface area (Å²) < 4.78 is 0. The van der Waals surface area contributed by atoms with E-state index >= 15 is 0 Å². The number of anilines is 1. The van der Waals surface area contributed by atoms with Crippen molar-refractivity contribution < 1.29 is 9.59 Å². The molecule has 0 bridgehead atoms. The zero-order valence-corrected chi connectivity index (χ0v) is 17.6. The van der Waals surface area contributed by atoms with E-state index in [2.05, 4.69) is 45.5 Å². The Balaban J connectivity index is 1.42. The molecule has 0 radical (unpaired) electrons. The second-order valence-electron chi connectivity index (χ2n) is 8.55. The molecule has 0 saturated heterocycles. The highest BCUT2D eigenvalue weighted by Crippen LogP contribution is 2.33. The fourth-order valence-electron chi connectivity index (χ4n) is 4.72. The molecular formula is C23H36N4O2. The molecule has 2 aliphatic rings. The van der Waals surface area contributed by atoms with Crippen LogP contribution in [-0.4, -0.2) is 44.0 Å². The topological polar surface area (TPSA) is 82.3 Å². The molecule has 6 nitrogen and oxygen atoms in total. The highest BCUT2D eigenvalue weighted by Gasteiger charge is 2.25. The Morgan fingerprint density at radius 3 is 2.28 bits per heavy atom. The largest absolute Gasteiger partial charge is 0.382 e. The van der Waals surface area contributed by atoms with Gasteiger partial charge in [-0.25, -0.2) is 0 Å². The lowest BCUT2D eigenvalue weighted by atomic mass is 9.84. The van der Waals surface area contributed by atoms with E-state index in [1.165, 1.54) is 43.4 Å². The molecule has 2 aliphatic carbocycles. The molecule has 0 heterocycles. The molecule has 0 spiro atoms. The summed E-state index contributed by atoms with van der Waals surface area (Å²) in [6.45, 7) is 0.429. The van der Waals surface area contributed by atoms with Crippen LogP contribution in [0.4, 0.5) is 5.69 Å². The first kappa shape index (κ1) is 21.6. The van der Waals surface area contributed by atoms with Crippen molar-refractivity contribution in [2.75, 3.05) is 18.9 Å². The number of likely N-dealkylation sites (N-methyl/N-ethyl adjacent to an activating group) is 1. The molecule has 29 heavy (non-hydrogen) atoms. The summed E-state index contributed by atoms with van der Waals surface area (Å²) in [6, 6.07) is 9.16. The zero-order chi connectivity index (χ0) is 20.5. The second kappa shape index (κ2) is 11.2. The van der Waals surface area contributed by atoms with E-state index < -0.39 is 6.04 Å². The molecule has 2 saturated carbocycles. The van der Waals surface area contributed by atoms with Gasteiger partial charge in [-0.2, -0.15) is 0 Å². The highest BCUT2D eigenvalue weighted by molar-refractivity contribution is 5.84. The van der Waals surface area contributed by atoms with Crippen LogP contribution in [0.15, 0.2) is 24.3 Å². The molecule has 1 atom stereocenters. The fraction of sp³-hybridized carbons (Fsp3) is 0.652.